The zero-order valence-electron chi connectivity index (χ0n) is 35.5. The van der Waals surface area contributed by atoms with Gasteiger partial charge in [-0.2, -0.15) is 0 Å². The molecule has 0 unspecified atom stereocenters. The number of allylic oxidation sites excluding steroid dienone is 2. The smallest absolute Gasteiger partial charge is 0.309 e. The molecule has 4 aliphatic rings. The number of carbonyl (C=O) groups excluding carboxylic acids is 1. The SMILES string of the molecule is CC(C)/C(CCCc1cc(=O)n(Cc2ccc(F)cc2)n1C)=C1/CCC[C@]2(C)[C@@H]1CC[C@@H]1[C@@]3(C)CC[C@H](OC(=O)CC(C)(C)C(=O)O)C(C)(C)[C@@H]3CC[C@]12C. The molecule has 0 amide bonds. The third-order valence-corrected chi connectivity index (χ3v) is 16.4. The molecule has 0 bridgehead atoms. The summed E-state index contributed by atoms with van der Waals surface area (Å²) in [6.07, 6.45) is 12.9. The molecule has 0 spiro atoms. The monoisotopic (exact) mass is 761 g/mol. The van der Waals surface area contributed by atoms with Crippen molar-refractivity contribution in [2.24, 2.45) is 57.8 Å². The first kappa shape index (κ1) is 41.5. The average Bonchev–Trinajstić information content (AvgIpc) is 3.36. The maximum Gasteiger partial charge on any atom is 0.309 e. The molecule has 1 aromatic carbocycles. The van der Waals surface area contributed by atoms with Crippen molar-refractivity contribution >= 4 is 11.9 Å². The summed E-state index contributed by atoms with van der Waals surface area (Å²) in [5.41, 5.74) is 4.56. The number of carbonyl (C=O) groups is 2. The Bertz CT molecular complexity index is 1850. The van der Waals surface area contributed by atoms with Gasteiger partial charge in [-0.1, -0.05) is 71.7 Å². The number of ether oxygens (including phenoxy) is 1. The molecule has 4 fully saturated rings. The number of halogens is 1. The fourth-order valence-corrected chi connectivity index (χ4v) is 13.1. The van der Waals surface area contributed by atoms with Crippen LogP contribution in [-0.4, -0.2) is 32.5 Å². The number of aliphatic carboxylic acids is 1. The highest BCUT2D eigenvalue weighted by molar-refractivity contribution is 5.81. The predicted molar refractivity (Wildman–Crippen MR) is 216 cm³/mol. The molecule has 8 heteroatoms. The van der Waals surface area contributed by atoms with Gasteiger partial charge in [0.2, 0.25) is 0 Å². The van der Waals surface area contributed by atoms with Crippen LogP contribution in [0.15, 0.2) is 46.3 Å². The number of hydrogen-bond donors (Lipinski definition) is 1. The molecule has 1 heterocycles. The van der Waals surface area contributed by atoms with Crippen molar-refractivity contribution in [2.75, 3.05) is 0 Å². The van der Waals surface area contributed by atoms with Crippen LogP contribution in [-0.2, 0) is 34.3 Å². The molecule has 7 atom stereocenters. The lowest BCUT2D eigenvalue weighted by Gasteiger charge is -2.71. The van der Waals surface area contributed by atoms with Gasteiger partial charge in [-0.3, -0.25) is 19.1 Å². The number of rotatable bonds is 11. The van der Waals surface area contributed by atoms with Crippen molar-refractivity contribution in [3.05, 3.63) is 68.9 Å². The van der Waals surface area contributed by atoms with Gasteiger partial charge >= 0.3 is 11.9 Å². The molecule has 0 saturated heterocycles. The van der Waals surface area contributed by atoms with E-state index >= 15 is 0 Å². The lowest BCUT2D eigenvalue weighted by atomic mass is 9.34. The molecule has 0 radical (unpaired) electrons. The minimum absolute atomic E-state index is 0.0154. The lowest BCUT2D eigenvalue weighted by Crippen LogP contribution is -2.65. The average molecular weight is 761 g/mol. The molecular weight excluding hydrogens is 692 g/mol. The second-order valence-corrected chi connectivity index (χ2v) is 20.4. The molecule has 6 rings (SSSR count). The van der Waals surface area contributed by atoms with Gasteiger partial charge in [0.1, 0.15) is 11.9 Å². The minimum atomic E-state index is -1.15. The van der Waals surface area contributed by atoms with Crippen molar-refractivity contribution in [1.82, 2.24) is 9.36 Å². The summed E-state index contributed by atoms with van der Waals surface area (Å²) in [5.74, 6) is 0.455. The van der Waals surface area contributed by atoms with Gasteiger partial charge in [-0.25, -0.2) is 9.07 Å². The number of carboxylic acid groups (broad SMARTS) is 1. The van der Waals surface area contributed by atoms with E-state index in [4.69, 9.17) is 4.74 Å². The molecule has 4 aliphatic carbocycles. The van der Waals surface area contributed by atoms with Gasteiger partial charge in [-0.15, -0.1) is 0 Å². The highest BCUT2D eigenvalue weighted by atomic mass is 19.1. The van der Waals surface area contributed by atoms with Crippen LogP contribution in [0, 0.1) is 56.6 Å². The predicted octanol–water partition coefficient (Wildman–Crippen LogP) is 10.5. The summed E-state index contributed by atoms with van der Waals surface area (Å²) in [4.78, 5) is 37.8. The van der Waals surface area contributed by atoms with Crippen molar-refractivity contribution in [3.8, 4) is 0 Å². The summed E-state index contributed by atoms with van der Waals surface area (Å²) >= 11 is 0. The van der Waals surface area contributed by atoms with Crippen LogP contribution < -0.4 is 5.56 Å². The molecule has 55 heavy (non-hydrogen) atoms. The quantitative estimate of drug-likeness (QED) is 0.182. The number of aryl methyl sites for hydroxylation is 1. The van der Waals surface area contributed by atoms with Crippen LogP contribution in [0.25, 0.3) is 0 Å². The number of esters is 1. The fraction of sp³-hybridized carbons (Fsp3) is 0.723. The summed E-state index contributed by atoms with van der Waals surface area (Å²) in [6.45, 7) is 20.8. The van der Waals surface area contributed by atoms with Crippen molar-refractivity contribution in [1.29, 1.82) is 0 Å². The number of aromatic nitrogens is 2. The summed E-state index contributed by atoms with van der Waals surface area (Å²) in [5, 5.41) is 9.61. The van der Waals surface area contributed by atoms with Crippen molar-refractivity contribution < 1.29 is 23.8 Å². The molecule has 1 N–H and O–H groups in total. The Labute approximate surface area is 329 Å². The third-order valence-electron chi connectivity index (χ3n) is 16.4. The highest BCUT2D eigenvalue weighted by Crippen LogP contribution is 2.74. The molecule has 7 nitrogen and oxygen atoms in total. The number of nitrogens with zero attached hydrogens (tertiary/aromatic N) is 2. The molecule has 304 valence electrons. The van der Waals surface area contributed by atoms with E-state index in [2.05, 4.69) is 48.5 Å². The largest absolute Gasteiger partial charge is 0.481 e. The molecular formula is C47H69FN2O5. The van der Waals surface area contributed by atoms with Crippen LogP contribution in [0.3, 0.4) is 0 Å². The Morgan fingerprint density at radius 3 is 2.31 bits per heavy atom. The van der Waals surface area contributed by atoms with E-state index in [1.165, 1.54) is 50.7 Å². The second kappa shape index (κ2) is 15.0. The van der Waals surface area contributed by atoms with Crippen molar-refractivity contribution in [2.45, 2.75) is 158 Å². The Hall–Kier alpha value is -3.16. The third kappa shape index (κ3) is 7.31. The van der Waals surface area contributed by atoms with Crippen LogP contribution in [0.5, 0.6) is 0 Å². The van der Waals surface area contributed by atoms with Crippen molar-refractivity contribution in [3.63, 3.8) is 0 Å². The highest BCUT2D eigenvalue weighted by Gasteiger charge is 2.67. The zero-order chi connectivity index (χ0) is 40.3. The molecule has 2 aromatic rings. The van der Waals surface area contributed by atoms with E-state index in [1.807, 2.05) is 11.7 Å². The number of hydrogen-bond acceptors (Lipinski definition) is 4. The zero-order valence-corrected chi connectivity index (χ0v) is 35.5. The Balaban J connectivity index is 1.18. The van der Waals surface area contributed by atoms with Crippen LogP contribution in [0.2, 0.25) is 0 Å². The maximum absolute atomic E-state index is 13.5. The minimum Gasteiger partial charge on any atom is -0.481 e. The summed E-state index contributed by atoms with van der Waals surface area (Å²) < 4.78 is 23.4. The normalized spacial score (nSPS) is 32.7. The molecule has 1 aromatic heterocycles. The topological polar surface area (TPSA) is 90.5 Å². The Morgan fingerprint density at radius 2 is 1.65 bits per heavy atom. The van der Waals surface area contributed by atoms with Gasteiger partial charge in [0.15, 0.2) is 0 Å². The molecule has 0 aliphatic heterocycles. The van der Waals surface area contributed by atoms with E-state index < -0.39 is 17.4 Å². The first-order valence-corrected chi connectivity index (χ1v) is 21.3. The Morgan fingerprint density at radius 1 is 0.964 bits per heavy atom. The summed E-state index contributed by atoms with van der Waals surface area (Å²) in [6, 6.07) is 8.16. The number of benzene rings is 1. The van der Waals surface area contributed by atoms with Gasteiger partial charge in [0.05, 0.1) is 18.4 Å². The van der Waals surface area contributed by atoms with E-state index in [0.717, 1.165) is 49.8 Å². The van der Waals surface area contributed by atoms with Crippen LogP contribution in [0.1, 0.15) is 151 Å². The van der Waals surface area contributed by atoms with E-state index in [-0.39, 0.29) is 45.6 Å². The van der Waals surface area contributed by atoms with Crippen LogP contribution in [0.4, 0.5) is 4.39 Å². The maximum atomic E-state index is 13.5. The second-order valence-electron chi connectivity index (χ2n) is 20.4. The van der Waals surface area contributed by atoms with Gasteiger partial charge in [0.25, 0.3) is 5.56 Å². The molecule has 4 saturated carbocycles. The van der Waals surface area contributed by atoms with E-state index in [9.17, 15) is 23.9 Å². The number of carboxylic acids is 1. The standard InChI is InChI=1S/C47H69FN2O5/c1-30(2)34(14-11-13-33-27-40(51)50(49(33)10)29-31-16-18-32(48)19-17-31)35-15-12-24-46(8)36(35)20-21-38-45(7)25-23-39(55-41(52)28-43(3,4)42(53)54)44(5,6)37(45)22-26-47(38,46)9/h16-19,27,30,36-39H,11-15,20-26,28-29H2,1-10H3,(H,53,54)/b35-34-/t36-,37+,38-,39+,45+,46-,47-/m1/s1. The van der Waals surface area contributed by atoms with Gasteiger partial charge in [-0.05, 0) is 149 Å². The van der Waals surface area contributed by atoms with E-state index in [1.54, 1.807) is 47.9 Å². The van der Waals surface area contributed by atoms with E-state index in [0.29, 0.717) is 30.2 Å². The van der Waals surface area contributed by atoms with Crippen LogP contribution >= 0.6 is 0 Å². The first-order valence-electron chi connectivity index (χ1n) is 21.3. The number of fused-ring (bicyclic) bond motifs is 5. The van der Waals surface area contributed by atoms with Gasteiger partial charge in [0, 0.05) is 24.2 Å². The summed E-state index contributed by atoms with van der Waals surface area (Å²) in [7, 11) is 1.96. The fourth-order valence-electron chi connectivity index (χ4n) is 13.1. The Kier molecular flexibility index (Phi) is 11.3. The van der Waals surface area contributed by atoms with Gasteiger partial charge < -0.3 is 9.84 Å². The first-order chi connectivity index (χ1) is 25.7. The lowest BCUT2D eigenvalue weighted by molar-refractivity contribution is -0.230.